The molecule has 0 bridgehead atoms. The lowest BCUT2D eigenvalue weighted by atomic mass is 9.88. The fourth-order valence-electron chi connectivity index (χ4n) is 4.12. The third kappa shape index (κ3) is 3.20. The number of ether oxygens (including phenoxy) is 1. The Morgan fingerprint density at radius 2 is 2.04 bits per heavy atom. The molecule has 132 valence electrons. The molecule has 1 fully saturated rings. The van der Waals surface area contributed by atoms with Gasteiger partial charge in [0.25, 0.3) is 5.91 Å². The summed E-state index contributed by atoms with van der Waals surface area (Å²) < 4.78 is 5.24. The van der Waals surface area contributed by atoms with Crippen molar-refractivity contribution in [1.82, 2.24) is 4.90 Å². The van der Waals surface area contributed by atoms with Gasteiger partial charge in [-0.2, -0.15) is 0 Å². The van der Waals surface area contributed by atoms with Crippen LogP contribution in [0.4, 0.5) is 0 Å². The molecule has 0 spiro atoms. The molecule has 2 aromatic rings. The van der Waals surface area contributed by atoms with E-state index in [4.69, 9.17) is 4.74 Å². The average molecular weight is 356 g/mol. The van der Waals surface area contributed by atoms with Crippen LogP contribution in [0.5, 0.6) is 5.75 Å². The number of amides is 1. The van der Waals surface area contributed by atoms with Gasteiger partial charge < -0.3 is 9.64 Å². The lowest BCUT2D eigenvalue weighted by Crippen LogP contribution is -2.29. The highest BCUT2D eigenvalue weighted by molar-refractivity contribution is 7.10. The summed E-state index contributed by atoms with van der Waals surface area (Å²) in [6.07, 6.45) is 4.46. The molecule has 4 heteroatoms. The number of benzene rings is 1. The Balaban J connectivity index is 1.47. The van der Waals surface area contributed by atoms with Gasteiger partial charge in [0.15, 0.2) is 0 Å². The molecule has 25 heavy (non-hydrogen) atoms. The molecule has 1 aliphatic carbocycles. The third-order valence-electron chi connectivity index (χ3n) is 5.69. The van der Waals surface area contributed by atoms with E-state index >= 15 is 0 Å². The number of fused-ring (bicyclic) bond motifs is 1. The second-order valence-corrected chi connectivity index (χ2v) is 8.37. The van der Waals surface area contributed by atoms with Gasteiger partial charge in [-0.1, -0.05) is 19.1 Å². The van der Waals surface area contributed by atoms with E-state index in [1.54, 1.807) is 18.4 Å². The van der Waals surface area contributed by atoms with Gasteiger partial charge >= 0.3 is 0 Å². The monoisotopic (exact) mass is 355 g/mol. The van der Waals surface area contributed by atoms with E-state index < -0.39 is 0 Å². The normalized spacial score (nSPS) is 22.7. The van der Waals surface area contributed by atoms with Crippen molar-refractivity contribution in [2.75, 3.05) is 20.2 Å². The van der Waals surface area contributed by atoms with E-state index in [2.05, 4.69) is 29.3 Å². The summed E-state index contributed by atoms with van der Waals surface area (Å²) in [4.78, 5) is 16.5. The van der Waals surface area contributed by atoms with Crippen LogP contribution in [0, 0.1) is 5.92 Å². The molecule has 2 unspecified atom stereocenters. The molecule has 4 rings (SSSR count). The van der Waals surface area contributed by atoms with E-state index in [9.17, 15) is 4.79 Å². The highest BCUT2D eigenvalue weighted by Crippen LogP contribution is 2.35. The number of carbonyl (C=O) groups excluding carboxylic acids is 1. The van der Waals surface area contributed by atoms with Crippen molar-refractivity contribution in [3.05, 3.63) is 51.2 Å². The summed E-state index contributed by atoms with van der Waals surface area (Å²) in [5.41, 5.74) is 3.61. The molecule has 1 saturated heterocycles. The molecule has 0 saturated carbocycles. The molecule has 2 heterocycles. The average Bonchev–Trinajstić information content (AvgIpc) is 3.28. The fraction of sp³-hybridized carbons (Fsp3) is 0.476. The molecule has 0 N–H and O–H groups in total. The maximum Gasteiger partial charge on any atom is 0.255 e. The minimum absolute atomic E-state index is 0.239. The van der Waals surface area contributed by atoms with Crippen LogP contribution in [0.2, 0.25) is 0 Å². The standard InChI is InChI=1S/C21H25NO2S/c1-14-3-8-18-19(13-25-20(18)11-14)21(23)22-10-9-16(12-22)15-4-6-17(24-2)7-5-15/h4-7,13-14,16H,3,8-12H2,1-2H3. The fourth-order valence-corrected chi connectivity index (χ4v) is 5.36. The summed E-state index contributed by atoms with van der Waals surface area (Å²) in [6.45, 7) is 3.99. The van der Waals surface area contributed by atoms with Crippen molar-refractivity contribution >= 4 is 17.2 Å². The Bertz CT molecular complexity index is 765. The molecule has 1 amide bonds. The Hall–Kier alpha value is -1.81. The van der Waals surface area contributed by atoms with Crippen LogP contribution in [-0.4, -0.2) is 31.0 Å². The summed E-state index contributed by atoms with van der Waals surface area (Å²) in [5, 5.41) is 2.10. The van der Waals surface area contributed by atoms with E-state index in [1.807, 2.05) is 12.1 Å². The van der Waals surface area contributed by atoms with Gasteiger partial charge in [0.2, 0.25) is 0 Å². The summed E-state index contributed by atoms with van der Waals surface area (Å²) in [5.74, 6) is 2.31. The zero-order valence-corrected chi connectivity index (χ0v) is 15.8. The molecule has 1 aliphatic heterocycles. The Labute approximate surface area is 153 Å². The van der Waals surface area contributed by atoms with Gasteiger partial charge in [-0.05, 0) is 54.9 Å². The lowest BCUT2D eigenvalue weighted by Gasteiger charge is -2.21. The van der Waals surface area contributed by atoms with E-state index in [0.29, 0.717) is 5.92 Å². The smallest absolute Gasteiger partial charge is 0.255 e. The minimum Gasteiger partial charge on any atom is -0.497 e. The lowest BCUT2D eigenvalue weighted by molar-refractivity contribution is 0.0790. The van der Waals surface area contributed by atoms with Crippen molar-refractivity contribution in [3.63, 3.8) is 0 Å². The zero-order valence-electron chi connectivity index (χ0n) is 15.0. The van der Waals surface area contributed by atoms with Gasteiger partial charge in [0.1, 0.15) is 5.75 Å². The second kappa shape index (κ2) is 6.83. The predicted octanol–water partition coefficient (Wildman–Crippen LogP) is 4.51. The number of carbonyl (C=O) groups is 1. The van der Waals surface area contributed by atoms with Gasteiger partial charge in [0.05, 0.1) is 12.7 Å². The van der Waals surface area contributed by atoms with Crippen molar-refractivity contribution in [3.8, 4) is 5.75 Å². The first-order valence-electron chi connectivity index (χ1n) is 9.18. The minimum atomic E-state index is 0.239. The van der Waals surface area contributed by atoms with Crippen LogP contribution in [0.25, 0.3) is 0 Å². The molecule has 1 aromatic heterocycles. The largest absolute Gasteiger partial charge is 0.497 e. The van der Waals surface area contributed by atoms with Crippen LogP contribution in [0.3, 0.4) is 0 Å². The zero-order chi connectivity index (χ0) is 17.4. The number of likely N-dealkylation sites (tertiary alicyclic amines) is 1. The van der Waals surface area contributed by atoms with Crippen molar-refractivity contribution in [1.29, 1.82) is 0 Å². The number of hydrogen-bond donors (Lipinski definition) is 0. The number of thiophene rings is 1. The number of nitrogens with zero attached hydrogens (tertiary/aromatic N) is 1. The summed E-state index contributed by atoms with van der Waals surface area (Å²) in [6, 6.07) is 8.28. The van der Waals surface area contributed by atoms with Gasteiger partial charge in [-0.3, -0.25) is 4.79 Å². The highest BCUT2D eigenvalue weighted by Gasteiger charge is 2.31. The van der Waals surface area contributed by atoms with Crippen molar-refractivity contribution in [2.45, 2.75) is 38.5 Å². The molecular weight excluding hydrogens is 330 g/mol. The van der Waals surface area contributed by atoms with Gasteiger partial charge in [0, 0.05) is 29.3 Å². The first-order chi connectivity index (χ1) is 12.2. The molecular formula is C21H25NO2S. The number of methoxy groups -OCH3 is 1. The third-order valence-corrected chi connectivity index (χ3v) is 6.75. The van der Waals surface area contributed by atoms with Gasteiger partial charge in [-0.25, -0.2) is 0 Å². The van der Waals surface area contributed by atoms with Crippen molar-refractivity contribution in [2.24, 2.45) is 5.92 Å². The van der Waals surface area contributed by atoms with Crippen LogP contribution in [0.1, 0.15) is 52.0 Å². The van der Waals surface area contributed by atoms with Crippen LogP contribution < -0.4 is 4.74 Å². The topological polar surface area (TPSA) is 29.5 Å². The molecule has 2 atom stereocenters. The van der Waals surface area contributed by atoms with Crippen LogP contribution in [-0.2, 0) is 12.8 Å². The van der Waals surface area contributed by atoms with Crippen LogP contribution in [0.15, 0.2) is 29.6 Å². The summed E-state index contributed by atoms with van der Waals surface area (Å²) >= 11 is 1.78. The van der Waals surface area contributed by atoms with Gasteiger partial charge in [-0.15, -0.1) is 11.3 Å². The number of rotatable bonds is 3. The first kappa shape index (κ1) is 16.6. The Morgan fingerprint density at radius 1 is 1.24 bits per heavy atom. The van der Waals surface area contributed by atoms with Crippen molar-refractivity contribution < 1.29 is 9.53 Å². The second-order valence-electron chi connectivity index (χ2n) is 7.41. The quantitative estimate of drug-likeness (QED) is 0.811. The van der Waals surface area contributed by atoms with E-state index in [0.717, 1.165) is 49.6 Å². The molecule has 1 aromatic carbocycles. The Kier molecular flexibility index (Phi) is 4.55. The number of hydrogen-bond acceptors (Lipinski definition) is 3. The summed E-state index contributed by atoms with van der Waals surface area (Å²) in [7, 11) is 1.69. The predicted molar refractivity (Wildman–Crippen MR) is 102 cm³/mol. The van der Waals surface area contributed by atoms with Crippen LogP contribution >= 0.6 is 11.3 Å². The SMILES string of the molecule is COc1ccc(C2CCN(C(=O)c3csc4c3CCC(C)C4)C2)cc1. The maximum atomic E-state index is 13.1. The first-order valence-corrected chi connectivity index (χ1v) is 10.1. The Morgan fingerprint density at radius 3 is 2.80 bits per heavy atom. The molecule has 2 aliphatic rings. The van der Waals surface area contributed by atoms with E-state index in [1.165, 1.54) is 22.4 Å². The molecule has 3 nitrogen and oxygen atoms in total. The maximum absolute atomic E-state index is 13.1. The van der Waals surface area contributed by atoms with E-state index in [-0.39, 0.29) is 5.91 Å². The molecule has 0 radical (unpaired) electrons. The highest BCUT2D eigenvalue weighted by atomic mass is 32.1.